The second-order valence-corrected chi connectivity index (χ2v) is 7.97. The number of sulfonamides is 1. The van der Waals surface area contributed by atoms with Crippen molar-refractivity contribution in [3.63, 3.8) is 0 Å². The highest BCUT2D eigenvalue weighted by Gasteiger charge is 2.34. The van der Waals surface area contributed by atoms with Crippen molar-refractivity contribution < 1.29 is 17.9 Å². The quantitative estimate of drug-likeness (QED) is 0.789. The molecule has 25 heavy (non-hydrogen) atoms. The van der Waals surface area contributed by atoms with Crippen molar-refractivity contribution in [2.75, 3.05) is 27.3 Å². The number of benzene rings is 1. The first-order chi connectivity index (χ1) is 12.0. The highest BCUT2D eigenvalue weighted by Crippen LogP contribution is 2.33. The molecule has 1 saturated heterocycles. The molecular weight excluding hydrogens is 340 g/mol. The Morgan fingerprint density at radius 1 is 1.20 bits per heavy atom. The van der Waals surface area contributed by atoms with Crippen LogP contribution in [-0.4, -0.2) is 45.0 Å². The lowest BCUT2D eigenvalue weighted by Crippen LogP contribution is -2.29. The summed E-state index contributed by atoms with van der Waals surface area (Å²) in [5.41, 5.74) is 0.991. The van der Waals surface area contributed by atoms with Crippen molar-refractivity contribution in [1.82, 2.24) is 9.29 Å². The Bertz CT molecular complexity index is 824. The largest absolute Gasteiger partial charge is 0.497 e. The predicted molar refractivity (Wildman–Crippen MR) is 94.4 cm³/mol. The third-order valence-corrected chi connectivity index (χ3v) is 6.35. The number of aromatic nitrogens is 1. The van der Waals surface area contributed by atoms with Crippen LogP contribution in [-0.2, 0) is 16.4 Å². The summed E-state index contributed by atoms with van der Waals surface area (Å²) in [6.07, 6.45) is 3.37. The molecule has 0 radical (unpaired) electrons. The molecule has 1 aromatic carbocycles. The molecule has 134 valence electrons. The topological polar surface area (TPSA) is 68.7 Å². The molecular formula is C18H22N2O4S. The molecule has 2 aromatic rings. The van der Waals surface area contributed by atoms with Crippen molar-refractivity contribution in [2.45, 2.75) is 17.7 Å². The number of hydrogen-bond donors (Lipinski definition) is 0. The summed E-state index contributed by atoms with van der Waals surface area (Å²) < 4.78 is 38.0. The zero-order valence-electron chi connectivity index (χ0n) is 14.4. The number of hydrogen-bond acceptors (Lipinski definition) is 5. The van der Waals surface area contributed by atoms with Crippen LogP contribution in [0.25, 0.3) is 0 Å². The van der Waals surface area contributed by atoms with E-state index in [1.54, 1.807) is 18.3 Å². The summed E-state index contributed by atoms with van der Waals surface area (Å²) in [4.78, 5) is 4.48. The lowest BCUT2D eigenvalue weighted by molar-refractivity contribution is 0.387. The van der Waals surface area contributed by atoms with E-state index >= 15 is 0 Å². The maximum Gasteiger partial charge on any atom is 0.246 e. The van der Waals surface area contributed by atoms with Gasteiger partial charge in [0.1, 0.15) is 16.4 Å². The Kier molecular flexibility index (Phi) is 5.24. The fraction of sp³-hybridized carbons (Fsp3) is 0.389. The summed E-state index contributed by atoms with van der Waals surface area (Å²) in [5.74, 6) is 1.08. The molecule has 1 aliphatic heterocycles. The number of ether oxygens (including phenoxy) is 2. The normalized spacial score (nSPS) is 18.2. The van der Waals surface area contributed by atoms with Gasteiger partial charge < -0.3 is 9.47 Å². The highest BCUT2D eigenvalue weighted by molar-refractivity contribution is 7.89. The second kappa shape index (κ2) is 7.41. The summed E-state index contributed by atoms with van der Waals surface area (Å²) in [6.45, 7) is 0.986. The van der Waals surface area contributed by atoms with E-state index in [-0.39, 0.29) is 10.8 Å². The maximum atomic E-state index is 13.1. The van der Waals surface area contributed by atoms with E-state index in [4.69, 9.17) is 9.47 Å². The molecule has 0 spiro atoms. The van der Waals surface area contributed by atoms with Gasteiger partial charge in [0.2, 0.25) is 10.0 Å². The minimum absolute atomic E-state index is 0.146. The Morgan fingerprint density at radius 2 is 2.04 bits per heavy atom. The van der Waals surface area contributed by atoms with Crippen molar-refractivity contribution in [3.8, 4) is 11.5 Å². The highest BCUT2D eigenvalue weighted by atomic mass is 32.2. The van der Waals surface area contributed by atoms with Crippen LogP contribution in [0.15, 0.2) is 47.5 Å². The standard InChI is InChI=1S/C18H22N2O4S/c1-23-16-6-7-17(24-2)18(12-16)25(21,22)20-10-8-14(13-20)11-15-5-3-4-9-19-15/h3-7,9,12,14H,8,10-11,13H2,1-2H3. The third-order valence-electron chi connectivity index (χ3n) is 4.46. The molecule has 0 aliphatic carbocycles. The van der Waals surface area contributed by atoms with Crippen LogP contribution >= 0.6 is 0 Å². The summed E-state index contributed by atoms with van der Waals surface area (Å²) in [6, 6.07) is 10.6. The van der Waals surface area contributed by atoms with Gasteiger partial charge in [-0.05, 0) is 43.0 Å². The van der Waals surface area contributed by atoms with Gasteiger partial charge in [0.15, 0.2) is 0 Å². The lowest BCUT2D eigenvalue weighted by atomic mass is 10.0. The first-order valence-electron chi connectivity index (χ1n) is 8.16. The molecule has 1 fully saturated rings. The maximum absolute atomic E-state index is 13.1. The molecule has 0 amide bonds. The van der Waals surface area contributed by atoms with E-state index in [2.05, 4.69) is 4.98 Å². The van der Waals surface area contributed by atoms with E-state index in [0.717, 1.165) is 18.5 Å². The van der Waals surface area contributed by atoms with Gasteiger partial charge in [-0.25, -0.2) is 8.42 Å². The minimum atomic E-state index is -3.63. The smallest absolute Gasteiger partial charge is 0.246 e. The molecule has 6 nitrogen and oxygen atoms in total. The van der Waals surface area contributed by atoms with Gasteiger partial charge in [-0.3, -0.25) is 4.98 Å². The molecule has 1 unspecified atom stereocenters. The van der Waals surface area contributed by atoms with Crippen LogP contribution < -0.4 is 9.47 Å². The number of rotatable bonds is 6. The van der Waals surface area contributed by atoms with Crippen LogP contribution in [0.5, 0.6) is 11.5 Å². The van der Waals surface area contributed by atoms with Crippen LogP contribution in [0.4, 0.5) is 0 Å². The molecule has 0 N–H and O–H groups in total. The molecule has 1 aliphatic rings. The van der Waals surface area contributed by atoms with Crippen LogP contribution in [0.2, 0.25) is 0 Å². The molecule has 2 heterocycles. The summed E-state index contributed by atoms with van der Waals surface area (Å²) >= 11 is 0. The van der Waals surface area contributed by atoms with Gasteiger partial charge >= 0.3 is 0 Å². The summed E-state index contributed by atoms with van der Waals surface area (Å²) in [7, 11) is -0.654. The van der Waals surface area contributed by atoms with Crippen LogP contribution in [0, 0.1) is 5.92 Å². The van der Waals surface area contributed by atoms with Gasteiger partial charge in [0, 0.05) is 31.0 Å². The van der Waals surface area contributed by atoms with Gasteiger partial charge in [-0.1, -0.05) is 6.07 Å². The Morgan fingerprint density at radius 3 is 2.72 bits per heavy atom. The van der Waals surface area contributed by atoms with Gasteiger partial charge in [0.25, 0.3) is 0 Å². The fourth-order valence-corrected chi connectivity index (χ4v) is 4.82. The van der Waals surface area contributed by atoms with E-state index in [9.17, 15) is 8.42 Å². The van der Waals surface area contributed by atoms with E-state index in [0.29, 0.717) is 24.6 Å². The molecule has 0 saturated carbocycles. The second-order valence-electron chi connectivity index (χ2n) is 6.06. The van der Waals surface area contributed by atoms with Gasteiger partial charge in [0.05, 0.1) is 14.2 Å². The third kappa shape index (κ3) is 3.77. The van der Waals surface area contributed by atoms with Crippen molar-refractivity contribution >= 4 is 10.0 Å². The van der Waals surface area contributed by atoms with Crippen molar-refractivity contribution in [3.05, 3.63) is 48.3 Å². The van der Waals surface area contributed by atoms with Crippen LogP contribution in [0.3, 0.4) is 0 Å². The SMILES string of the molecule is COc1ccc(OC)c(S(=O)(=O)N2CCC(Cc3ccccn3)C2)c1. The zero-order chi connectivity index (χ0) is 17.9. The molecule has 7 heteroatoms. The van der Waals surface area contributed by atoms with Crippen molar-refractivity contribution in [2.24, 2.45) is 5.92 Å². The Balaban J connectivity index is 1.80. The predicted octanol–water partition coefficient (Wildman–Crippen LogP) is 2.35. The Hall–Kier alpha value is -2.12. The Labute approximate surface area is 148 Å². The van der Waals surface area contributed by atoms with E-state index < -0.39 is 10.0 Å². The fourth-order valence-electron chi connectivity index (χ4n) is 3.12. The number of pyridine rings is 1. The number of methoxy groups -OCH3 is 2. The van der Waals surface area contributed by atoms with E-state index in [1.165, 1.54) is 24.6 Å². The minimum Gasteiger partial charge on any atom is -0.497 e. The number of nitrogens with zero attached hydrogens (tertiary/aromatic N) is 2. The molecule has 0 bridgehead atoms. The average molecular weight is 362 g/mol. The van der Waals surface area contributed by atoms with Crippen molar-refractivity contribution in [1.29, 1.82) is 0 Å². The molecule has 1 atom stereocenters. The molecule has 1 aromatic heterocycles. The monoisotopic (exact) mass is 362 g/mol. The van der Waals surface area contributed by atoms with E-state index in [1.807, 2.05) is 18.2 Å². The molecule has 3 rings (SSSR count). The van der Waals surface area contributed by atoms with Gasteiger partial charge in [-0.2, -0.15) is 4.31 Å². The van der Waals surface area contributed by atoms with Gasteiger partial charge in [-0.15, -0.1) is 0 Å². The zero-order valence-corrected chi connectivity index (χ0v) is 15.2. The summed E-state index contributed by atoms with van der Waals surface area (Å²) in [5, 5.41) is 0. The lowest BCUT2D eigenvalue weighted by Gasteiger charge is -2.19. The first kappa shape index (κ1) is 17.7. The average Bonchev–Trinajstić information content (AvgIpc) is 3.11. The first-order valence-corrected chi connectivity index (χ1v) is 9.60. The van der Waals surface area contributed by atoms with Crippen LogP contribution in [0.1, 0.15) is 12.1 Å².